The number of hydrogen-bond acceptors (Lipinski definition) is 2. The molecule has 1 atom stereocenters. The Kier molecular flexibility index (Phi) is 4.04. The third kappa shape index (κ3) is 3.12. The van der Waals surface area contributed by atoms with Crippen molar-refractivity contribution in [2.24, 2.45) is 0 Å². The second-order valence-corrected chi connectivity index (χ2v) is 5.88. The molecule has 0 fully saturated rings. The molecule has 1 amide bonds. The van der Waals surface area contributed by atoms with Gasteiger partial charge in [-0.25, -0.2) is 0 Å². The van der Waals surface area contributed by atoms with E-state index in [4.69, 9.17) is 11.6 Å². The van der Waals surface area contributed by atoms with Crippen molar-refractivity contribution < 1.29 is 4.79 Å². The second kappa shape index (κ2) is 5.55. The van der Waals surface area contributed by atoms with E-state index in [1.54, 1.807) is 0 Å². The molecule has 18 heavy (non-hydrogen) atoms. The van der Waals surface area contributed by atoms with Gasteiger partial charge >= 0.3 is 0 Å². The van der Waals surface area contributed by atoms with Crippen LogP contribution in [-0.2, 0) is 0 Å². The molecule has 94 valence electrons. The lowest BCUT2D eigenvalue weighted by Gasteiger charge is -2.13. The number of hydrogen-bond donors (Lipinski definition) is 1. The highest BCUT2D eigenvalue weighted by Crippen LogP contribution is 2.19. The van der Waals surface area contributed by atoms with Crippen molar-refractivity contribution in [1.29, 1.82) is 0 Å². The summed E-state index contributed by atoms with van der Waals surface area (Å²) in [5.74, 6) is -0.0411. The number of carbonyl (C=O) groups is 1. The number of thiophene rings is 1. The van der Waals surface area contributed by atoms with Crippen LogP contribution in [0.3, 0.4) is 0 Å². The van der Waals surface area contributed by atoms with Crippen LogP contribution in [-0.4, -0.2) is 5.91 Å². The summed E-state index contributed by atoms with van der Waals surface area (Å²) >= 11 is 7.43. The van der Waals surface area contributed by atoms with Crippen molar-refractivity contribution in [3.63, 3.8) is 0 Å². The van der Waals surface area contributed by atoms with Gasteiger partial charge < -0.3 is 5.32 Å². The molecule has 1 heterocycles. The van der Waals surface area contributed by atoms with Crippen molar-refractivity contribution in [1.82, 2.24) is 5.32 Å². The summed E-state index contributed by atoms with van der Waals surface area (Å²) in [6.45, 7) is 3.94. The Morgan fingerprint density at radius 1 is 1.33 bits per heavy atom. The molecule has 0 saturated carbocycles. The molecule has 1 unspecified atom stereocenters. The molecule has 0 aliphatic heterocycles. The minimum atomic E-state index is -0.0568. The van der Waals surface area contributed by atoms with Crippen molar-refractivity contribution >= 4 is 28.8 Å². The molecular formula is C14H14ClNOS. The fraction of sp³-hybridized carbons (Fsp3) is 0.214. The van der Waals surface area contributed by atoms with E-state index in [-0.39, 0.29) is 11.9 Å². The number of nitrogens with one attached hydrogen (secondary N) is 1. The molecule has 1 aromatic carbocycles. The highest BCUT2D eigenvalue weighted by molar-refractivity contribution is 7.13. The Hall–Kier alpha value is -1.32. The van der Waals surface area contributed by atoms with Gasteiger partial charge in [0.25, 0.3) is 5.91 Å². The van der Waals surface area contributed by atoms with Gasteiger partial charge in [-0.15, -0.1) is 11.3 Å². The molecule has 4 heteroatoms. The number of aryl methyl sites for hydroxylation is 1. The Morgan fingerprint density at radius 2 is 2.11 bits per heavy atom. The summed E-state index contributed by atoms with van der Waals surface area (Å²) in [6, 6.07) is 11.3. The maximum Gasteiger partial charge on any atom is 0.261 e. The largest absolute Gasteiger partial charge is 0.345 e. The highest BCUT2D eigenvalue weighted by Gasteiger charge is 2.12. The van der Waals surface area contributed by atoms with E-state index in [0.717, 1.165) is 15.3 Å². The predicted molar refractivity (Wildman–Crippen MR) is 76.4 cm³/mol. The van der Waals surface area contributed by atoms with E-state index in [0.29, 0.717) is 5.02 Å². The summed E-state index contributed by atoms with van der Waals surface area (Å²) < 4.78 is 0. The van der Waals surface area contributed by atoms with Gasteiger partial charge in [-0.2, -0.15) is 0 Å². The van der Waals surface area contributed by atoms with Crippen LogP contribution in [0, 0.1) is 6.92 Å². The summed E-state index contributed by atoms with van der Waals surface area (Å²) in [6.07, 6.45) is 0. The van der Waals surface area contributed by atoms with Crippen molar-refractivity contribution in [3.05, 3.63) is 56.7 Å². The lowest BCUT2D eigenvalue weighted by molar-refractivity contribution is 0.0944. The maximum atomic E-state index is 12.0. The van der Waals surface area contributed by atoms with Gasteiger partial charge in [-0.1, -0.05) is 23.7 Å². The first-order chi connectivity index (χ1) is 8.56. The summed E-state index contributed by atoms with van der Waals surface area (Å²) in [7, 11) is 0. The first kappa shape index (κ1) is 13.1. The van der Waals surface area contributed by atoms with Gasteiger partial charge in [0.05, 0.1) is 10.9 Å². The molecule has 1 N–H and O–H groups in total. The molecule has 0 spiro atoms. The Labute approximate surface area is 116 Å². The van der Waals surface area contributed by atoms with Gasteiger partial charge in [0.15, 0.2) is 0 Å². The van der Waals surface area contributed by atoms with Crippen LogP contribution in [0.1, 0.15) is 33.1 Å². The van der Waals surface area contributed by atoms with Crippen molar-refractivity contribution in [3.8, 4) is 0 Å². The number of carbonyl (C=O) groups excluding carboxylic acids is 1. The van der Waals surface area contributed by atoms with Gasteiger partial charge in [0, 0.05) is 9.90 Å². The minimum absolute atomic E-state index is 0.0411. The molecule has 0 saturated heterocycles. The third-order valence-electron chi connectivity index (χ3n) is 2.66. The Bertz CT molecular complexity index is 564. The number of benzene rings is 1. The van der Waals surface area contributed by atoms with Crippen LogP contribution in [0.15, 0.2) is 36.4 Å². The number of halogens is 1. The van der Waals surface area contributed by atoms with Gasteiger partial charge in [0.1, 0.15) is 0 Å². The van der Waals surface area contributed by atoms with Crippen molar-refractivity contribution in [2.75, 3.05) is 0 Å². The monoisotopic (exact) mass is 279 g/mol. The first-order valence-corrected chi connectivity index (χ1v) is 6.88. The first-order valence-electron chi connectivity index (χ1n) is 5.69. The van der Waals surface area contributed by atoms with E-state index in [2.05, 4.69) is 5.32 Å². The van der Waals surface area contributed by atoms with E-state index < -0.39 is 0 Å². The van der Waals surface area contributed by atoms with Crippen LogP contribution >= 0.6 is 22.9 Å². The fourth-order valence-corrected chi connectivity index (χ4v) is 2.65. The Morgan fingerprint density at radius 3 is 2.72 bits per heavy atom. The fourth-order valence-electron chi connectivity index (χ4n) is 1.68. The molecule has 2 aromatic rings. The molecule has 2 nitrogen and oxygen atoms in total. The lowest BCUT2D eigenvalue weighted by Crippen LogP contribution is -2.25. The molecule has 0 aliphatic rings. The molecular weight excluding hydrogens is 266 g/mol. The Balaban J connectivity index is 2.07. The summed E-state index contributed by atoms with van der Waals surface area (Å²) in [5.41, 5.74) is 1.00. The quantitative estimate of drug-likeness (QED) is 0.896. The standard InChI is InChI=1S/C14H14ClNOS/c1-9-6-7-13(18-9)14(17)16-10(2)11-4-3-5-12(15)8-11/h3-8,10H,1-2H3,(H,16,17). The van der Waals surface area contributed by atoms with Gasteiger partial charge in [-0.3, -0.25) is 4.79 Å². The van der Waals surface area contributed by atoms with Crippen LogP contribution in [0.25, 0.3) is 0 Å². The van der Waals surface area contributed by atoms with E-state index in [1.807, 2.05) is 50.2 Å². The van der Waals surface area contributed by atoms with Crippen molar-refractivity contribution in [2.45, 2.75) is 19.9 Å². The topological polar surface area (TPSA) is 29.1 Å². The van der Waals surface area contributed by atoms with Gasteiger partial charge in [-0.05, 0) is 43.7 Å². The third-order valence-corrected chi connectivity index (χ3v) is 3.89. The lowest BCUT2D eigenvalue weighted by atomic mass is 10.1. The van der Waals surface area contributed by atoms with E-state index in [9.17, 15) is 4.79 Å². The molecule has 1 aromatic heterocycles. The maximum absolute atomic E-state index is 12.0. The molecule has 0 aliphatic carbocycles. The van der Waals surface area contributed by atoms with Crippen LogP contribution in [0.4, 0.5) is 0 Å². The second-order valence-electron chi connectivity index (χ2n) is 4.16. The minimum Gasteiger partial charge on any atom is -0.345 e. The zero-order chi connectivity index (χ0) is 13.1. The molecule has 2 rings (SSSR count). The molecule has 0 radical (unpaired) electrons. The van der Waals surface area contributed by atoms with Crippen LogP contribution in [0.2, 0.25) is 5.02 Å². The normalized spacial score (nSPS) is 12.2. The number of rotatable bonds is 3. The van der Waals surface area contributed by atoms with E-state index >= 15 is 0 Å². The highest BCUT2D eigenvalue weighted by atomic mass is 35.5. The zero-order valence-corrected chi connectivity index (χ0v) is 11.8. The summed E-state index contributed by atoms with van der Waals surface area (Å²) in [5, 5.41) is 3.65. The molecule has 0 bridgehead atoms. The predicted octanol–water partition coefficient (Wildman–Crippen LogP) is 4.20. The van der Waals surface area contributed by atoms with E-state index in [1.165, 1.54) is 11.3 Å². The van der Waals surface area contributed by atoms with Crippen LogP contribution < -0.4 is 5.32 Å². The summed E-state index contributed by atoms with van der Waals surface area (Å²) in [4.78, 5) is 13.9. The average molecular weight is 280 g/mol. The SMILES string of the molecule is Cc1ccc(C(=O)NC(C)c2cccc(Cl)c2)s1. The van der Waals surface area contributed by atoms with Gasteiger partial charge in [0.2, 0.25) is 0 Å². The number of amides is 1. The smallest absolute Gasteiger partial charge is 0.261 e. The average Bonchev–Trinajstić information content (AvgIpc) is 2.76. The van der Waals surface area contributed by atoms with Crippen LogP contribution in [0.5, 0.6) is 0 Å². The zero-order valence-electron chi connectivity index (χ0n) is 10.2.